The molecule has 34 heavy (non-hydrogen) atoms. The van der Waals surface area contributed by atoms with Gasteiger partial charge in [-0.05, 0) is 35.4 Å². The molecule has 182 valence electrons. The van der Waals surface area contributed by atoms with Crippen LogP contribution in [0.15, 0.2) is 66.7 Å². The highest BCUT2D eigenvalue weighted by Crippen LogP contribution is 2.29. The molecule has 0 saturated carbocycles. The number of benzene rings is 3. The summed E-state index contributed by atoms with van der Waals surface area (Å²) in [5, 5.41) is 0. The molecular formula is C27H32F2N2O3. The largest absolute Gasteiger partial charge is 0.493 e. The number of nitrogens with two attached hydrogens (primary N) is 1. The average Bonchev–Trinajstić information content (AvgIpc) is 2.85. The zero-order valence-electron chi connectivity index (χ0n) is 19.9. The second-order valence-corrected chi connectivity index (χ2v) is 7.28. The zero-order chi connectivity index (χ0) is 24.9. The lowest BCUT2D eigenvalue weighted by molar-refractivity contribution is -0.131. The van der Waals surface area contributed by atoms with Crippen LogP contribution in [0.5, 0.6) is 11.5 Å². The summed E-state index contributed by atoms with van der Waals surface area (Å²) in [5.41, 5.74) is 7.74. The lowest BCUT2D eigenvalue weighted by Gasteiger charge is -2.23. The lowest BCUT2D eigenvalue weighted by Crippen LogP contribution is -2.35. The molecule has 0 saturated heterocycles. The molecule has 0 aliphatic rings. The van der Waals surface area contributed by atoms with Gasteiger partial charge in [-0.25, -0.2) is 8.78 Å². The lowest BCUT2D eigenvalue weighted by atomic mass is 10.1. The third kappa shape index (κ3) is 7.85. The van der Waals surface area contributed by atoms with Crippen molar-refractivity contribution in [2.75, 3.05) is 20.2 Å². The quantitative estimate of drug-likeness (QED) is 0.447. The Kier molecular flexibility index (Phi) is 11.0. The average molecular weight is 471 g/mol. The molecule has 1 amide bonds. The Hall–Kier alpha value is -3.45. The van der Waals surface area contributed by atoms with Crippen LogP contribution in [0.25, 0.3) is 0 Å². The number of rotatable bonds is 10. The van der Waals surface area contributed by atoms with Crippen LogP contribution < -0.4 is 15.2 Å². The van der Waals surface area contributed by atoms with Crippen molar-refractivity contribution in [2.24, 2.45) is 5.73 Å². The first-order valence-corrected chi connectivity index (χ1v) is 11.3. The van der Waals surface area contributed by atoms with Crippen LogP contribution in [0.4, 0.5) is 8.78 Å². The molecule has 0 aliphatic heterocycles. The minimum atomic E-state index is -0.671. The molecule has 0 radical (unpaired) electrons. The fourth-order valence-corrected chi connectivity index (χ4v) is 3.27. The van der Waals surface area contributed by atoms with E-state index in [0.717, 1.165) is 17.2 Å². The van der Waals surface area contributed by atoms with Crippen molar-refractivity contribution in [1.29, 1.82) is 0 Å². The number of hydrogen-bond donors (Lipinski definition) is 1. The van der Waals surface area contributed by atoms with Crippen molar-refractivity contribution < 1.29 is 23.0 Å². The molecule has 3 aromatic rings. The number of methoxy groups -OCH3 is 1. The van der Waals surface area contributed by atoms with Gasteiger partial charge in [-0.2, -0.15) is 0 Å². The van der Waals surface area contributed by atoms with E-state index in [4.69, 9.17) is 15.2 Å². The zero-order valence-corrected chi connectivity index (χ0v) is 19.9. The van der Waals surface area contributed by atoms with Crippen molar-refractivity contribution in [2.45, 2.75) is 33.4 Å². The van der Waals surface area contributed by atoms with Crippen molar-refractivity contribution in [3.8, 4) is 11.5 Å². The van der Waals surface area contributed by atoms with Gasteiger partial charge in [0.05, 0.1) is 13.5 Å². The van der Waals surface area contributed by atoms with E-state index < -0.39 is 11.6 Å². The Morgan fingerprint density at radius 1 is 0.941 bits per heavy atom. The van der Waals surface area contributed by atoms with E-state index >= 15 is 0 Å². The summed E-state index contributed by atoms with van der Waals surface area (Å²) in [6.45, 7) is 5.07. The predicted molar refractivity (Wildman–Crippen MR) is 130 cm³/mol. The SMILES string of the molecule is CC.COc1cc(CN(CCN)C(=O)Cc2ccccc2)ccc1OCc1ccc(F)cc1F. The minimum absolute atomic E-state index is 0.0206. The molecule has 0 atom stereocenters. The number of amides is 1. The first kappa shape index (κ1) is 26.8. The molecule has 0 heterocycles. The van der Waals surface area contributed by atoms with E-state index in [2.05, 4.69) is 0 Å². The Balaban J connectivity index is 0.00000199. The number of halogens is 2. The van der Waals surface area contributed by atoms with Gasteiger partial charge in [-0.1, -0.05) is 50.2 Å². The summed E-state index contributed by atoms with van der Waals surface area (Å²) in [6.07, 6.45) is 0.294. The third-order valence-electron chi connectivity index (χ3n) is 4.95. The molecule has 0 unspecified atom stereocenters. The van der Waals surface area contributed by atoms with Crippen LogP contribution in [0.3, 0.4) is 0 Å². The van der Waals surface area contributed by atoms with E-state index in [1.807, 2.05) is 50.2 Å². The van der Waals surface area contributed by atoms with Gasteiger partial charge in [-0.3, -0.25) is 4.79 Å². The van der Waals surface area contributed by atoms with E-state index in [1.165, 1.54) is 19.2 Å². The summed E-state index contributed by atoms with van der Waals surface area (Å²) in [6, 6.07) is 18.2. The first-order chi connectivity index (χ1) is 16.5. The maximum atomic E-state index is 13.8. The molecule has 0 bridgehead atoms. The Morgan fingerprint density at radius 3 is 2.32 bits per heavy atom. The van der Waals surface area contributed by atoms with Crippen LogP contribution in [0.2, 0.25) is 0 Å². The van der Waals surface area contributed by atoms with Gasteiger partial charge in [-0.15, -0.1) is 0 Å². The Bertz CT molecular complexity index is 1050. The fourth-order valence-electron chi connectivity index (χ4n) is 3.27. The number of nitrogens with zero attached hydrogens (tertiary/aromatic N) is 1. The highest BCUT2D eigenvalue weighted by molar-refractivity contribution is 5.78. The molecule has 3 aromatic carbocycles. The van der Waals surface area contributed by atoms with Crippen molar-refractivity contribution >= 4 is 5.91 Å². The van der Waals surface area contributed by atoms with Crippen LogP contribution in [0, 0.1) is 11.6 Å². The second kappa shape index (κ2) is 14.0. The van der Waals surface area contributed by atoms with Gasteiger partial charge in [0.2, 0.25) is 5.91 Å². The fraction of sp³-hybridized carbons (Fsp3) is 0.296. The summed E-state index contributed by atoms with van der Waals surface area (Å²) in [7, 11) is 1.50. The minimum Gasteiger partial charge on any atom is -0.493 e. The van der Waals surface area contributed by atoms with Gasteiger partial charge in [0.1, 0.15) is 18.2 Å². The number of ether oxygens (including phenoxy) is 2. The van der Waals surface area contributed by atoms with E-state index in [1.54, 1.807) is 17.0 Å². The van der Waals surface area contributed by atoms with Crippen molar-refractivity contribution in [1.82, 2.24) is 4.90 Å². The number of carbonyl (C=O) groups is 1. The summed E-state index contributed by atoms with van der Waals surface area (Å²) >= 11 is 0. The van der Waals surface area contributed by atoms with Gasteiger partial charge in [0.25, 0.3) is 0 Å². The molecule has 2 N–H and O–H groups in total. The van der Waals surface area contributed by atoms with Crippen LogP contribution >= 0.6 is 0 Å². The predicted octanol–water partition coefficient (Wildman–Crippen LogP) is 5.11. The van der Waals surface area contributed by atoms with Crippen LogP contribution in [-0.4, -0.2) is 31.0 Å². The molecule has 0 aliphatic carbocycles. The van der Waals surface area contributed by atoms with Crippen molar-refractivity contribution in [3.05, 3.63) is 95.1 Å². The smallest absolute Gasteiger partial charge is 0.227 e. The van der Waals surface area contributed by atoms with Crippen LogP contribution in [0.1, 0.15) is 30.5 Å². The monoisotopic (exact) mass is 470 g/mol. The highest BCUT2D eigenvalue weighted by Gasteiger charge is 2.16. The van der Waals surface area contributed by atoms with Gasteiger partial charge in [0, 0.05) is 31.3 Å². The van der Waals surface area contributed by atoms with E-state index in [9.17, 15) is 13.6 Å². The maximum Gasteiger partial charge on any atom is 0.227 e. The first-order valence-electron chi connectivity index (χ1n) is 11.3. The molecule has 3 rings (SSSR count). The standard InChI is InChI=1S/C25H26F2N2O3.C2H6/c1-31-24-13-19(7-10-23(24)32-17-20-8-9-21(26)15-22(20)27)16-29(12-11-28)25(30)14-18-5-3-2-4-6-18;1-2/h2-10,13,15H,11-12,14,16-17,28H2,1H3;1-2H3. The van der Waals surface area contributed by atoms with E-state index in [-0.39, 0.29) is 18.1 Å². The summed E-state index contributed by atoms with van der Waals surface area (Å²) < 4.78 is 38.0. The third-order valence-corrected chi connectivity index (χ3v) is 4.95. The van der Waals surface area contributed by atoms with Crippen LogP contribution in [-0.2, 0) is 24.4 Å². The van der Waals surface area contributed by atoms with Gasteiger partial charge < -0.3 is 20.1 Å². The normalized spacial score (nSPS) is 10.2. The van der Waals surface area contributed by atoms with Crippen molar-refractivity contribution in [3.63, 3.8) is 0 Å². The number of hydrogen-bond acceptors (Lipinski definition) is 4. The van der Waals surface area contributed by atoms with Gasteiger partial charge >= 0.3 is 0 Å². The van der Waals surface area contributed by atoms with Gasteiger partial charge in [0.15, 0.2) is 11.5 Å². The molecule has 0 spiro atoms. The Labute approximate surface area is 200 Å². The Morgan fingerprint density at radius 2 is 1.68 bits per heavy atom. The van der Waals surface area contributed by atoms with E-state index in [0.29, 0.717) is 37.6 Å². The molecular weight excluding hydrogens is 438 g/mol. The molecule has 7 heteroatoms. The molecule has 0 fully saturated rings. The summed E-state index contributed by atoms with van der Waals surface area (Å²) in [4.78, 5) is 14.5. The second-order valence-electron chi connectivity index (χ2n) is 7.28. The highest BCUT2D eigenvalue weighted by atomic mass is 19.1. The summed E-state index contributed by atoms with van der Waals surface area (Å²) in [5.74, 6) is -0.464. The topological polar surface area (TPSA) is 64.8 Å². The maximum absolute atomic E-state index is 13.8. The number of carbonyl (C=O) groups excluding carboxylic acids is 1. The molecule has 0 aromatic heterocycles. The molecule has 5 nitrogen and oxygen atoms in total.